The second kappa shape index (κ2) is 6.30. The predicted octanol–water partition coefficient (Wildman–Crippen LogP) is 0.625. The summed E-state index contributed by atoms with van der Waals surface area (Å²) in [6.45, 7) is 0.720. The molecular formula is C14H15NO6S. The van der Waals surface area contributed by atoms with E-state index in [2.05, 4.69) is 4.72 Å². The predicted molar refractivity (Wildman–Crippen MR) is 77.8 cm³/mol. The third kappa shape index (κ3) is 3.35. The number of aliphatic hydroxyl groups excluding tert-OH is 1. The summed E-state index contributed by atoms with van der Waals surface area (Å²) in [6.07, 6.45) is 0. The summed E-state index contributed by atoms with van der Waals surface area (Å²) in [6, 6.07) is 7.42. The molecule has 0 aliphatic rings. The van der Waals surface area contributed by atoms with E-state index in [0.717, 1.165) is 6.07 Å². The first-order chi connectivity index (χ1) is 10.3. The fraction of sp³-hybridized carbons (Fsp3) is 0.214. The zero-order chi connectivity index (χ0) is 16.3. The Morgan fingerprint density at radius 3 is 2.59 bits per heavy atom. The molecule has 8 heteroatoms. The molecule has 0 spiro atoms. The minimum Gasteiger partial charge on any atom is -0.502 e. The van der Waals surface area contributed by atoms with Crippen molar-refractivity contribution in [1.82, 2.24) is 4.72 Å². The number of aromatic hydroxyl groups is 1. The Hall–Kier alpha value is -2.16. The van der Waals surface area contributed by atoms with Gasteiger partial charge in [-0.3, -0.25) is 4.79 Å². The highest BCUT2D eigenvalue weighted by Crippen LogP contribution is 2.16. The molecule has 0 unspecified atom stereocenters. The number of hydrogen-bond acceptors (Lipinski definition) is 6. The van der Waals surface area contributed by atoms with Gasteiger partial charge >= 0.3 is 0 Å². The molecule has 1 aromatic heterocycles. The summed E-state index contributed by atoms with van der Waals surface area (Å²) >= 11 is 0. The van der Waals surface area contributed by atoms with Crippen LogP contribution in [-0.2, 0) is 23.2 Å². The molecule has 0 radical (unpaired) electrons. The second-order valence-corrected chi connectivity index (χ2v) is 6.33. The minimum absolute atomic E-state index is 0.0102. The molecule has 0 saturated carbocycles. The Bertz CT molecular complexity index is 841. The summed E-state index contributed by atoms with van der Waals surface area (Å²) < 4.78 is 31.8. The average molecular weight is 325 g/mol. The largest absolute Gasteiger partial charge is 0.502 e. The summed E-state index contributed by atoms with van der Waals surface area (Å²) in [4.78, 5) is 11.6. The summed E-state index contributed by atoms with van der Waals surface area (Å²) in [5, 5.41) is 18.3. The Morgan fingerprint density at radius 2 is 1.95 bits per heavy atom. The highest BCUT2D eigenvalue weighted by Gasteiger charge is 2.17. The quantitative estimate of drug-likeness (QED) is 0.742. The molecule has 118 valence electrons. The van der Waals surface area contributed by atoms with Gasteiger partial charge in [0.2, 0.25) is 21.2 Å². The number of hydrogen-bond donors (Lipinski definition) is 3. The Morgan fingerprint density at radius 1 is 1.27 bits per heavy atom. The number of aliphatic hydroxyl groups is 1. The lowest BCUT2D eigenvalue weighted by atomic mass is 10.2. The van der Waals surface area contributed by atoms with Crippen molar-refractivity contribution < 1.29 is 23.0 Å². The highest BCUT2D eigenvalue weighted by atomic mass is 32.2. The van der Waals surface area contributed by atoms with E-state index < -0.39 is 27.8 Å². The van der Waals surface area contributed by atoms with E-state index in [1.54, 1.807) is 25.1 Å². The van der Waals surface area contributed by atoms with Gasteiger partial charge in [-0.15, -0.1) is 0 Å². The van der Waals surface area contributed by atoms with Crippen LogP contribution >= 0.6 is 0 Å². The van der Waals surface area contributed by atoms with Gasteiger partial charge in [0.05, 0.1) is 11.4 Å². The van der Waals surface area contributed by atoms with Crippen molar-refractivity contribution in [2.45, 2.75) is 25.0 Å². The van der Waals surface area contributed by atoms with E-state index in [4.69, 9.17) is 9.52 Å². The van der Waals surface area contributed by atoms with Crippen molar-refractivity contribution in [3.63, 3.8) is 0 Å². The first kappa shape index (κ1) is 16.2. The van der Waals surface area contributed by atoms with Crippen LogP contribution in [0.1, 0.15) is 17.1 Å². The van der Waals surface area contributed by atoms with Crippen LogP contribution in [0.3, 0.4) is 0 Å². The molecule has 0 amide bonds. The molecule has 1 aromatic carbocycles. The van der Waals surface area contributed by atoms with Crippen LogP contribution < -0.4 is 10.2 Å². The standard InChI is InChI=1S/C14H15NO6S/c1-9-4-2-3-5-13(9)22(19,20)15-7-10-6-11(17)14(18)12(8-16)21-10/h2-6,15-16,18H,7-8H2,1H3. The monoisotopic (exact) mass is 325 g/mol. The van der Waals surface area contributed by atoms with Gasteiger partial charge in [0.15, 0.2) is 5.76 Å². The Balaban J connectivity index is 2.25. The van der Waals surface area contributed by atoms with Crippen LogP contribution in [-0.4, -0.2) is 18.6 Å². The van der Waals surface area contributed by atoms with Crippen molar-refractivity contribution in [2.75, 3.05) is 0 Å². The van der Waals surface area contributed by atoms with E-state index in [1.165, 1.54) is 6.07 Å². The van der Waals surface area contributed by atoms with E-state index in [-0.39, 0.29) is 23.0 Å². The van der Waals surface area contributed by atoms with Gasteiger partial charge in [-0.1, -0.05) is 18.2 Å². The van der Waals surface area contributed by atoms with Gasteiger partial charge in [0, 0.05) is 6.07 Å². The maximum Gasteiger partial charge on any atom is 0.241 e. The van der Waals surface area contributed by atoms with Crippen LogP contribution in [0, 0.1) is 6.92 Å². The molecule has 3 N–H and O–H groups in total. The van der Waals surface area contributed by atoms with Crippen LogP contribution in [0.5, 0.6) is 5.75 Å². The highest BCUT2D eigenvalue weighted by molar-refractivity contribution is 7.89. The minimum atomic E-state index is -3.77. The fourth-order valence-corrected chi connectivity index (χ4v) is 3.12. The molecule has 22 heavy (non-hydrogen) atoms. The zero-order valence-electron chi connectivity index (χ0n) is 11.7. The average Bonchev–Trinajstić information content (AvgIpc) is 2.48. The third-order valence-electron chi connectivity index (χ3n) is 3.01. The van der Waals surface area contributed by atoms with E-state index in [9.17, 15) is 18.3 Å². The third-order valence-corrected chi connectivity index (χ3v) is 4.57. The molecule has 2 aromatic rings. The van der Waals surface area contributed by atoms with Gasteiger partial charge in [-0.25, -0.2) is 13.1 Å². The first-order valence-electron chi connectivity index (χ1n) is 6.36. The maximum absolute atomic E-state index is 12.2. The van der Waals surface area contributed by atoms with Gasteiger partial charge in [-0.2, -0.15) is 0 Å². The lowest BCUT2D eigenvalue weighted by Gasteiger charge is -2.09. The summed E-state index contributed by atoms with van der Waals surface area (Å²) in [7, 11) is -3.77. The molecule has 7 nitrogen and oxygen atoms in total. The lowest BCUT2D eigenvalue weighted by Crippen LogP contribution is -2.24. The first-order valence-corrected chi connectivity index (χ1v) is 7.84. The van der Waals surface area contributed by atoms with Gasteiger partial charge in [0.1, 0.15) is 12.4 Å². The van der Waals surface area contributed by atoms with Crippen molar-refractivity contribution >= 4 is 10.0 Å². The number of benzene rings is 1. The van der Waals surface area contributed by atoms with Crippen molar-refractivity contribution in [2.24, 2.45) is 0 Å². The number of nitrogens with one attached hydrogen (secondary N) is 1. The number of sulfonamides is 1. The van der Waals surface area contributed by atoms with Crippen LogP contribution in [0.15, 0.2) is 44.4 Å². The van der Waals surface area contributed by atoms with Gasteiger partial charge < -0.3 is 14.6 Å². The van der Waals surface area contributed by atoms with Crippen molar-refractivity contribution in [3.05, 3.63) is 57.6 Å². The van der Waals surface area contributed by atoms with Gasteiger partial charge in [0.25, 0.3) is 0 Å². The molecule has 1 heterocycles. The van der Waals surface area contributed by atoms with Crippen LogP contribution in [0.25, 0.3) is 0 Å². The second-order valence-electron chi connectivity index (χ2n) is 4.60. The van der Waals surface area contributed by atoms with Crippen molar-refractivity contribution in [1.29, 1.82) is 0 Å². The SMILES string of the molecule is Cc1ccccc1S(=O)(=O)NCc1cc(=O)c(O)c(CO)o1. The van der Waals surface area contributed by atoms with Crippen LogP contribution in [0.4, 0.5) is 0 Å². The van der Waals surface area contributed by atoms with E-state index in [0.29, 0.717) is 5.56 Å². The molecule has 2 rings (SSSR count). The summed E-state index contributed by atoms with van der Waals surface area (Å²) in [5.41, 5.74) is -0.168. The Labute approximate surface area is 126 Å². The molecule has 0 bridgehead atoms. The molecule has 0 aliphatic carbocycles. The van der Waals surface area contributed by atoms with E-state index in [1.807, 2.05) is 0 Å². The molecule has 0 saturated heterocycles. The molecule has 0 atom stereocenters. The fourth-order valence-electron chi connectivity index (χ4n) is 1.88. The Kier molecular flexibility index (Phi) is 4.65. The zero-order valence-corrected chi connectivity index (χ0v) is 12.6. The molecule has 0 aliphatic heterocycles. The number of rotatable bonds is 5. The molecule has 0 fully saturated rings. The van der Waals surface area contributed by atoms with E-state index >= 15 is 0 Å². The van der Waals surface area contributed by atoms with Gasteiger partial charge in [-0.05, 0) is 18.6 Å². The van der Waals surface area contributed by atoms with Crippen LogP contribution in [0.2, 0.25) is 0 Å². The lowest BCUT2D eigenvalue weighted by molar-refractivity contribution is 0.227. The smallest absolute Gasteiger partial charge is 0.241 e. The molecular weight excluding hydrogens is 310 g/mol. The topological polar surface area (TPSA) is 117 Å². The number of aryl methyl sites for hydroxylation is 1. The maximum atomic E-state index is 12.2. The normalized spacial score (nSPS) is 11.5. The summed E-state index contributed by atoms with van der Waals surface area (Å²) in [5.74, 6) is -1.00. The van der Waals surface area contributed by atoms with Crippen molar-refractivity contribution in [3.8, 4) is 5.75 Å².